The topological polar surface area (TPSA) is 61.9 Å². The Hall–Kier alpha value is -2.31. The summed E-state index contributed by atoms with van der Waals surface area (Å²) in [5.41, 5.74) is 0.884. The Kier molecular flexibility index (Phi) is 4.30. The number of carbonyl (C=O) groups excluding carboxylic acids is 2. The number of rotatable bonds is 4. The Balaban J connectivity index is 2.10. The van der Waals surface area contributed by atoms with Crippen LogP contribution in [0.4, 0.5) is 20.6 Å². The van der Waals surface area contributed by atoms with E-state index in [1.807, 2.05) is 0 Å². The molecule has 1 aliphatic rings. The van der Waals surface area contributed by atoms with Crippen molar-refractivity contribution in [1.29, 1.82) is 0 Å². The van der Waals surface area contributed by atoms with E-state index in [-0.39, 0.29) is 19.0 Å². The van der Waals surface area contributed by atoms with Gasteiger partial charge in [0.05, 0.1) is 24.5 Å². The minimum absolute atomic E-state index is 0.189. The Morgan fingerprint density at radius 3 is 2.81 bits per heavy atom. The van der Waals surface area contributed by atoms with Gasteiger partial charge in [0.1, 0.15) is 11.9 Å². The van der Waals surface area contributed by atoms with Crippen molar-refractivity contribution in [3.63, 3.8) is 0 Å². The van der Waals surface area contributed by atoms with E-state index in [1.54, 1.807) is 31.1 Å². The second-order valence-electron chi connectivity index (χ2n) is 5.08. The lowest BCUT2D eigenvalue weighted by atomic mass is 10.2. The number of ether oxygens (including phenoxy) is 1. The molecule has 1 atom stereocenters. The van der Waals surface area contributed by atoms with Gasteiger partial charge in [-0.25, -0.2) is 9.18 Å². The van der Waals surface area contributed by atoms with E-state index in [0.717, 1.165) is 0 Å². The number of hydrogen-bond acceptors (Lipinski definition) is 4. The first-order chi connectivity index (χ1) is 9.88. The molecule has 1 fully saturated rings. The van der Waals surface area contributed by atoms with E-state index in [4.69, 9.17) is 4.74 Å². The lowest BCUT2D eigenvalue weighted by Gasteiger charge is -2.17. The van der Waals surface area contributed by atoms with Crippen LogP contribution in [0.2, 0.25) is 0 Å². The van der Waals surface area contributed by atoms with E-state index in [9.17, 15) is 14.0 Å². The van der Waals surface area contributed by atoms with Crippen molar-refractivity contribution in [2.45, 2.75) is 13.0 Å². The number of hydrogen-bond donors (Lipinski definition) is 1. The van der Waals surface area contributed by atoms with Crippen LogP contribution in [0.1, 0.15) is 6.92 Å². The summed E-state index contributed by atoms with van der Waals surface area (Å²) in [7, 11) is 3.48. The molecule has 0 aliphatic carbocycles. The highest BCUT2D eigenvalue weighted by molar-refractivity contribution is 5.90. The first-order valence-corrected chi connectivity index (χ1v) is 6.58. The zero-order chi connectivity index (χ0) is 15.6. The summed E-state index contributed by atoms with van der Waals surface area (Å²) in [5.74, 6) is -0.596. The van der Waals surface area contributed by atoms with E-state index in [2.05, 4.69) is 5.32 Å². The van der Waals surface area contributed by atoms with Crippen LogP contribution in [0.25, 0.3) is 0 Å². The van der Waals surface area contributed by atoms with Crippen LogP contribution in [0.5, 0.6) is 0 Å². The molecule has 1 N–H and O–H groups in total. The van der Waals surface area contributed by atoms with Crippen molar-refractivity contribution in [1.82, 2.24) is 5.32 Å². The fourth-order valence-corrected chi connectivity index (χ4v) is 2.12. The third-order valence-electron chi connectivity index (χ3n) is 3.18. The van der Waals surface area contributed by atoms with Crippen LogP contribution in [-0.4, -0.2) is 45.3 Å². The fourth-order valence-electron chi connectivity index (χ4n) is 2.12. The van der Waals surface area contributed by atoms with Crippen molar-refractivity contribution >= 4 is 23.4 Å². The molecule has 0 aromatic heterocycles. The van der Waals surface area contributed by atoms with E-state index in [1.165, 1.54) is 17.9 Å². The smallest absolute Gasteiger partial charge is 0.414 e. The maximum Gasteiger partial charge on any atom is 0.414 e. The van der Waals surface area contributed by atoms with Crippen LogP contribution in [0.3, 0.4) is 0 Å². The highest BCUT2D eigenvalue weighted by atomic mass is 19.1. The third kappa shape index (κ3) is 3.42. The molecule has 1 aliphatic heterocycles. The number of anilines is 2. The van der Waals surface area contributed by atoms with Gasteiger partial charge in [0.25, 0.3) is 0 Å². The number of halogens is 1. The van der Waals surface area contributed by atoms with Gasteiger partial charge in [-0.1, -0.05) is 0 Å². The largest absolute Gasteiger partial charge is 0.442 e. The average Bonchev–Trinajstić information content (AvgIpc) is 2.77. The number of nitrogens with zero attached hydrogens (tertiary/aromatic N) is 2. The summed E-state index contributed by atoms with van der Waals surface area (Å²) < 4.78 is 19.1. The Labute approximate surface area is 122 Å². The second kappa shape index (κ2) is 5.99. The lowest BCUT2D eigenvalue weighted by Crippen LogP contribution is -2.33. The van der Waals surface area contributed by atoms with Gasteiger partial charge in [-0.15, -0.1) is 0 Å². The van der Waals surface area contributed by atoms with E-state index in [0.29, 0.717) is 11.4 Å². The Morgan fingerprint density at radius 1 is 1.52 bits per heavy atom. The molecule has 1 aromatic rings. The zero-order valence-electron chi connectivity index (χ0n) is 12.2. The summed E-state index contributed by atoms with van der Waals surface area (Å²) in [6.07, 6.45) is -0.972. The van der Waals surface area contributed by atoms with Crippen molar-refractivity contribution in [2.75, 3.05) is 37.0 Å². The van der Waals surface area contributed by atoms with Gasteiger partial charge < -0.3 is 15.0 Å². The van der Waals surface area contributed by atoms with Crippen LogP contribution in [-0.2, 0) is 9.53 Å². The predicted molar refractivity (Wildman–Crippen MR) is 77.0 cm³/mol. The average molecular weight is 295 g/mol. The molecule has 2 amide bonds. The van der Waals surface area contributed by atoms with Crippen molar-refractivity contribution < 1.29 is 18.7 Å². The molecule has 6 nitrogen and oxygen atoms in total. The van der Waals surface area contributed by atoms with Crippen molar-refractivity contribution in [3.8, 4) is 0 Å². The lowest BCUT2D eigenvalue weighted by molar-refractivity contribution is -0.119. The van der Waals surface area contributed by atoms with Gasteiger partial charge in [-0.2, -0.15) is 0 Å². The van der Waals surface area contributed by atoms with Gasteiger partial charge in [0.15, 0.2) is 0 Å². The van der Waals surface area contributed by atoms with Gasteiger partial charge in [-0.3, -0.25) is 9.69 Å². The normalized spacial score (nSPS) is 17.6. The SMILES string of the molecule is CC(=O)NCC1CN(c2ccc(N(C)C)c(F)c2)C(=O)O1. The van der Waals surface area contributed by atoms with Gasteiger partial charge in [0, 0.05) is 21.0 Å². The van der Waals surface area contributed by atoms with Crippen molar-refractivity contribution in [2.24, 2.45) is 0 Å². The Bertz CT molecular complexity index is 562. The quantitative estimate of drug-likeness (QED) is 0.911. The van der Waals surface area contributed by atoms with Gasteiger partial charge >= 0.3 is 6.09 Å². The highest BCUT2D eigenvalue weighted by Crippen LogP contribution is 2.26. The molecule has 7 heteroatoms. The zero-order valence-corrected chi connectivity index (χ0v) is 12.2. The fraction of sp³-hybridized carbons (Fsp3) is 0.429. The van der Waals surface area contributed by atoms with Crippen LogP contribution < -0.4 is 15.1 Å². The number of nitrogens with one attached hydrogen (secondary N) is 1. The number of cyclic esters (lactones) is 1. The molecule has 2 rings (SSSR count). The molecule has 1 aromatic carbocycles. The maximum absolute atomic E-state index is 14.0. The maximum atomic E-state index is 14.0. The molecular formula is C14H18FN3O3. The molecule has 0 bridgehead atoms. The number of benzene rings is 1. The number of carbonyl (C=O) groups is 2. The second-order valence-corrected chi connectivity index (χ2v) is 5.08. The molecule has 0 saturated carbocycles. The summed E-state index contributed by atoms with van der Waals surface area (Å²) >= 11 is 0. The molecular weight excluding hydrogens is 277 g/mol. The summed E-state index contributed by atoms with van der Waals surface area (Å²) in [6.45, 7) is 1.92. The van der Waals surface area contributed by atoms with Crippen LogP contribution in [0, 0.1) is 5.82 Å². The van der Waals surface area contributed by atoms with Crippen molar-refractivity contribution in [3.05, 3.63) is 24.0 Å². The number of amides is 2. The Morgan fingerprint density at radius 2 is 2.24 bits per heavy atom. The minimum atomic E-state index is -0.539. The van der Waals surface area contributed by atoms with Gasteiger partial charge in [-0.05, 0) is 18.2 Å². The van der Waals surface area contributed by atoms with Gasteiger partial charge in [0.2, 0.25) is 5.91 Å². The molecule has 1 unspecified atom stereocenters. The van der Waals surface area contributed by atoms with E-state index >= 15 is 0 Å². The van der Waals surface area contributed by atoms with Crippen LogP contribution in [0.15, 0.2) is 18.2 Å². The standard InChI is InChI=1S/C14H18FN3O3/c1-9(19)16-7-11-8-18(14(20)21-11)10-4-5-13(17(2)3)12(15)6-10/h4-6,11H,7-8H2,1-3H3,(H,16,19). The minimum Gasteiger partial charge on any atom is -0.442 e. The third-order valence-corrected chi connectivity index (χ3v) is 3.18. The molecule has 1 heterocycles. The summed E-state index contributed by atoms with van der Waals surface area (Å²) in [4.78, 5) is 25.7. The molecule has 21 heavy (non-hydrogen) atoms. The predicted octanol–water partition coefficient (Wildman–Crippen LogP) is 1.35. The van der Waals surface area contributed by atoms with E-state index < -0.39 is 18.0 Å². The summed E-state index contributed by atoms with van der Waals surface area (Å²) in [5, 5.41) is 2.59. The molecule has 0 radical (unpaired) electrons. The highest BCUT2D eigenvalue weighted by Gasteiger charge is 2.32. The first-order valence-electron chi connectivity index (χ1n) is 6.58. The molecule has 114 valence electrons. The monoisotopic (exact) mass is 295 g/mol. The molecule has 0 spiro atoms. The first kappa shape index (κ1) is 15.1. The van der Waals surface area contributed by atoms with Crippen LogP contribution >= 0.6 is 0 Å². The summed E-state index contributed by atoms with van der Waals surface area (Å²) in [6, 6.07) is 4.58. The molecule has 1 saturated heterocycles.